The Balaban J connectivity index is 2.47. The molecule has 0 aromatic rings. The van der Waals surface area contributed by atoms with Gasteiger partial charge in [0.2, 0.25) is 0 Å². The molecular formula is C8H12O2. The van der Waals surface area contributed by atoms with Crippen molar-refractivity contribution in [3.8, 4) is 0 Å². The van der Waals surface area contributed by atoms with Gasteiger partial charge in [-0.15, -0.1) is 6.58 Å². The first kappa shape index (κ1) is 7.32. The highest BCUT2D eigenvalue weighted by atomic mass is 16.5. The molecule has 1 saturated carbocycles. The number of methoxy groups -OCH3 is 1. The summed E-state index contributed by atoms with van der Waals surface area (Å²) in [7, 11) is 1.42. The van der Waals surface area contributed by atoms with Crippen molar-refractivity contribution in [1.29, 1.82) is 0 Å². The van der Waals surface area contributed by atoms with Crippen molar-refractivity contribution in [2.75, 3.05) is 7.11 Å². The summed E-state index contributed by atoms with van der Waals surface area (Å²) in [6.07, 6.45) is 1.83. The number of carbonyl (C=O) groups excluding carboxylic acids is 1. The normalized spacial score (nSPS) is 36.8. The summed E-state index contributed by atoms with van der Waals surface area (Å²) >= 11 is 0. The first-order valence-electron chi connectivity index (χ1n) is 3.42. The van der Waals surface area contributed by atoms with Crippen molar-refractivity contribution in [1.82, 2.24) is 0 Å². The fourth-order valence-corrected chi connectivity index (χ4v) is 1.36. The minimum absolute atomic E-state index is 0.0856. The predicted octanol–water partition coefficient (Wildman–Crippen LogP) is 1.23. The lowest BCUT2D eigenvalue weighted by Crippen LogP contribution is -2.04. The van der Waals surface area contributed by atoms with Gasteiger partial charge in [-0.1, -0.05) is 13.0 Å². The summed E-state index contributed by atoms with van der Waals surface area (Å²) in [5.74, 6) is 0.775. The molecule has 0 aromatic heterocycles. The summed E-state index contributed by atoms with van der Waals surface area (Å²) < 4.78 is 4.59. The van der Waals surface area contributed by atoms with Crippen LogP contribution in [0, 0.1) is 17.8 Å². The maximum Gasteiger partial charge on any atom is 0.309 e. The molecule has 0 radical (unpaired) electrons. The molecule has 56 valence electrons. The monoisotopic (exact) mass is 140 g/mol. The Bertz CT molecular complexity index is 163. The van der Waals surface area contributed by atoms with Crippen LogP contribution in [0.4, 0.5) is 0 Å². The standard InChI is InChI=1S/C8H12O2/c1-4-6-5(2)7(6)8(9)10-3/h4-7H,1H2,2-3H3/t5-,6+,7+/m1/s1. The molecule has 0 unspecified atom stereocenters. The zero-order valence-electron chi connectivity index (χ0n) is 6.33. The van der Waals surface area contributed by atoms with Crippen LogP contribution in [0.5, 0.6) is 0 Å². The van der Waals surface area contributed by atoms with Gasteiger partial charge < -0.3 is 4.74 Å². The summed E-state index contributed by atoms with van der Waals surface area (Å²) in [5.41, 5.74) is 0. The molecule has 10 heavy (non-hydrogen) atoms. The van der Waals surface area contributed by atoms with Crippen LogP contribution < -0.4 is 0 Å². The van der Waals surface area contributed by atoms with E-state index < -0.39 is 0 Å². The Hall–Kier alpha value is -0.790. The zero-order chi connectivity index (χ0) is 7.72. The topological polar surface area (TPSA) is 26.3 Å². The minimum atomic E-state index is -0.0996. The first-order chi connectivity index (χ1) is 4.72. The Kier molecular flexibility index (Phi) is 1.79. The summed E-state index contributed by atoms with van der Waals surface area (Å²) in [5, 5.41) is 0. The summed E-state index contributed by atoms with van der Waals surface area (Å²) in [6.45, 7) is 5.67. The Morgan fingerprint density at radius 3 is 2.60 bits per heavy atom. The third-order valence-electron chi connectivity index (χ3n) is 2.19. The molecule has 1 rings (SSSR count). The van der Waals surface area contributed by atoms with Crippen LogP contribution in [0.25, 0.3) is 0 Å². The van der Waals surface area contributed by atoms with E-state index in [1.807, 2.05) is 13.0 Å². The van der Waals surface area contributed by atoms with Crippen molar-refractivity contribution in [2.24, 2.45) is 17.8 Å². The Labute approximate surface area is 60.9 Å². The highest BCUT2D eigenvalue weighted by Gasteiger charge is 2.50. The van der Waals surface area contributed by atoms with Gasteiger partial charge >= 0.3 is 5.97 Å². The molecule has 1 fully saturated rings. The quantitative estimate of drug-likeness (QED) is 0.426. The Morgan fingerprint density at radius 2 is 2.30 bits per heavy atom. The number of hydrogen-bond donors (Lipinski definition) is 0. The highest BCUT2D eigenvalue weighted by Crippen LogP contribution is 2.47. The van der Waals surface area contributed by atoms with Crippen molar-refractivity contribution in [2.45, 2.75) is 6.92 Å². The second-order valence-corrected chi connectivity index (χ2v) is 2.72. The fourth-order valence-electron chi connectivity index (χ4n) is 1.36. The van der Waals surface area contributed by atoms with Crippen LogP contribution in [0.3, 0.4) is 0 Å². The molecule has 1 aliphatic carbocycles. The van der Waals surface area contributed by atoms with Gasteiger partial charge in [-0.25, -0.2) is 0 Å². The lowest BCUT2D eigenvalue weighted by Gasteiger charge is -1.92. The van der Waals surface area contributed by atoms with E-state index in [-0.39, 0.29) is 11.9 Å². The maximum atomic E-state index is 10.9. The van der Waals surface area contributed by atoms with Crippen molar-refractivity contribution in [3.05, 3.63) is 12.7 Å². The van der Waals surface area contributed by atoms with E-state index in [4.69, 9.17) is 0 Å². The first-order valence-corrected chi connectivity index (χ1v) is 3.42. The third kappa shape index (κ3) is 0.939. The maximum absolute atomic E-state index is 10.9. The molecule has 0 saturated heterocycles. The molecule has 3 atom stereocenters. The average molecular weight is 140 g/mol. The van der Waals surface area contributed by atoms with Crippen LogP contribution in [-0.4, -0.2) is 13.1 Å². The number of ether oxygens (including phenoxy) is 1. The van der Waals surface area contributed by atoms with Crippen LogP contribution in [0.2, 0.25) is 0 Å². The lowest BCUT2D eigenvalue weighted by molar-refractivity contribution is -0.142. The number of rotatable bonds is 2. The molecule has 0 aliphatic heterocycles. The van der Waals surface area contributed by atoms with Gasteiger partial charge in [0.05, 0.1) is 13.0 Å². The van der Waals surface area contributed by atoms with Gasteiger partial charge in [-0.05, 0) is 11.8 Å². The number of hydrogen-bond acceptors (Lipinski definition) is 2. The molecule has 2 nitrogen and oxygen atoms in total. The van der Waals surface area contributed by atoms with E-state index in [9.17, 15) is 4.79 Å². The number of allylic oxidation sites excluding steroid dienone is 1. The molecule has 1 aliphatic rings. The van der Waals surface area contributed by atoms with E-state index in [2.05, 4.69) is 11.3 Å². The second kappa shape index (κ2) is 2.45. The summed E-state index contributed by atoms with van der Waals surface area (Å²) in [4.78, 5) is 10.9. The minimum Gasteiger partial charge on any atom is -0.469 e. The molecule has 0 bridgehead atoms. The molecule has 0 spiro atoms. The van der Waals surface area contributed by atoms with Gasteiger partial charge in [-0.3, -0.25) is 4.79 Å². The average Bonchev–Trinajstić information content (AvgIpc) is 2.59. The largest absolute Gasteiger partial charge is 0.469 e. The second-order valence-electron chi connectivity index (χ2n) is 2.72. The van der Waals surface area contributed by atoms with Crippen LogP contribution >= 0.6 is 0 Å². The van der Waals surface area contributed by atoms with Crippen molar-refractivity contribution >= 4 is 5.97 Å². The SMILES string of the molecule is C=C[C@H]1[C@@H](C)[C@@H]1C(=O)OC. The molecule has 2 heteroatoms. The Morgan fingerprint density at radius 1 is 1.70 bits per heavy atom. The zero-order valence-corrected chi connectivity index (χ0v) is 6.33. The van der Waals surface area contributed by atoms with Gasteiger partial charge in [-0.2, -0.15) is 0 Å². The predicted molar refractivity (Wildman–Crippen MR) is 38.4 cm³/mol. The molecular weight excluding hydrogens is 128 g/mol. The van der Waals surface area contributed by atoms with Crippen molar-refractivity contribution in [3.63, 3.8) is 0 Å². The van der Waals surface area contributed by atoms with E-state index in [0.29, 0.717) is 11.8 Å². The number of carbonyl (C=O) groups is 1. The molecule has 0 amide bonds. The molecule has 0 heterocycles. The van der Waals surface area contributed by atoms with Crippen LogP contribution in [0.1, 0.15) is 6.92 Å². The van der Waals surface area contributed by atoms with Crippen LogP contribution in [0.15, 0.2) is 12.7 Å². The molecule has 0 aromatic carbocycles. The lowest BCUT2D eigenvalue weighted by atomic mass is 10.3. The molecule has 0 N–H and O–H groups in total. The highest BCUT2D eigenvalue weighted by molar-refractivity contribution is 5.76. The third-order valence-corrected chi connectivity index (χ3v) is 2.19. The van der Waals surface area contributed by atoms with E-state index in [0.717, 1.165) is 0 Å². The smallest absolute Gasteiger partial charge is 0.309 e. The van der Waals surface area contributed by atoms with Gasteiger partial charge in [0.25, 0.3) is 0 Å². The van der Waals surface area contributed by atoms with Gasteiger partial charge in [0, 0.05) is 0 Å². The van der Waals surface area contributed by atoms with Gasteiger partial charge in [0.15, 0.2) is 0 Å². The van der Waals surface area contributed by atoms with E-state index >= 15 is 0 Å². The van der Waals surface area contributed by atoms with E-state index in [1.54, 1.807) is 0 Å². The van der Waals surface area contributed by atoms with Crippen LogP contribution in [-0.2, 0) is 9.53 Å². The fraction of sp³-hybridized carbons (Fsp3) is 0.625. The number of esters is 1. The van der Waals surface area contributed by atoms with Crippen molar-refractivity contribution < 1.29 is 9.53 Å². The summed E-state index contributed by atoms with van der Waals surface area (Å²) in [6, 6.07) is 0. The van der Waals surface area contributed by atoms with Gasteiger partial charge in [0.1, 0.15) is 0 Å². The van der Waals surface area contributed by atoms with E-state index in [1.165, 1.54) is 7.11 Å².